The van der Waals surface area contributed by atoms with Gasteiger partial charge < -0.3 is 20.1 Å². The van der Waals surface area contributed by atoms with Gasteiger partial charge in [-0.05, 0) is 37.5 Å². The molecule has 23 heavy (non-hydrogen) atoms. The second-order valence-electron chi connectivity index (χ2n) is 6.45. The summed E-state index contributed by atoms with van der Waals surface area (Å²) in [5.41, 5.74) is 2.55. The van der Waals surface area contributed by atoms with E-state index in [0.717, 1.165) is 11.3 Å². The number of methoxy groups -OCH3 is 1. The highest BCUT2D eigenvalue weighted by Crippen LogP contribution is 2.22. The molecule has 0 radical (unpaired) electrons. The van der Waals surface area contributed by atoms with Gasteiger partial charge in [0.05, 0.1) is 12.7 Å². The Morgan fingerprint density at radius 1 is 1.35 bits per heavy atom. The average Bonchev–Trinajstić information content (AvgIpc) is 2.48. The van der Waals surface area contributed by atoms with Crippen LogP contribution in [0.4, 0.5) is 5.69 Å². The van der Waals surface area contributed by atoms with Crippen molar-refractivity contribution in [2.75, 3.05) is 32.6 Å². The van der Waals surface area contributed by atoms with E-state index in [1.54, 1.807) is 7.05 Å². The zero-order valence-corrected chi connectivity index (χ0v) is 15.1. The fraction of sp³-hybridized carbons (Fsp3) is 0.611. The van der Waals surface area contributed by atoms with Gasteiger partial charge in [0.2, 0.25) is 0 Å². The van der Waals surface area contributed by atoms with Crippen LogP contribution >= 0.6 is 0 Å². The number of nitrogens with one attached hydrogen (secondary N) is 1. The molecule has 1 rings (SSSR count). The lowest BCUT2D eigenvalue weighted by Gasteiger charge is -2.24. The van der Waals surface area contributed by atoms with Gasteiger partial charge in [-0.3, -0.25) is 4.79 Å². The van der Waals surface area contributed by atoms with E-state index in [2.05, 4.69) is 26.1 Å². The fourth-order valence-corrected chi connectivity index (χ4v) is 2.29. The number of amides is 1. The molecule has 5 heteroatoms. The van der Waals surface area contributed by atoms with Crippen LogP contribution in [0, 0.1) is 12.8 Å². The second kappa shape index (κ2) is 8.89. The van der Waals surface area contributed by atoms with E-state index in [9.17, 15) is 9.90 Å². The Kier molecular flexibility index (Phi) is 7.52. The summed E-state index contributed by atoms with van der Waals surface area (Å²) < 4.78 is 4.90. The van der Waals surface area contributed by atoms with Crippen LogP contribution in [0.25, 0.3) is 0 Å². The Balaban J connectivity index is 2.89. The highest BCUT2D eigenvalue weighted by molar-refractivity contribution is 5.96. The highest BCUT2D eigenvalue weighted by atomic mass is 16.5. The number of ether oxygens (including phenoxy) is 1. The summed E-state index contributed by atoms with van der Waals surface area (Å²) in [7, 11) is 3.22. The number of anilines is 1. The van der Waals surface area contributed by atoms with Crippen LogP contribution in [0.1, 0.15) is 36.7 Å². The molecule has 0 aromatic heterocycles. The maximum absolute atomic E-state index is 12.6. The van der Waals surface area contributed by atoms with Crippen molar-refractivity contribution >= 4 is 11.6 Å². The Morgan fingerprint density at radius 2 is 2.00 bits per heavy atom. The van der Waals surface area contributed by atoms with E-state index in [1.807, 2.05) is 25.1 Å². The summed E-state index contributed by atoms with van der Waals surface area (Å²) in [6, 6.07) is 6.02. The normalized spacial score (nSPS) is 13.7. The average molecular weight is 322 g/mol. The van der Waals surface area contributed by atoms with E-state index in [4.69, 9.17) is 4.74 Å². The van der Waals surface area contributed by atoms with Gasteiger partial charge in [-0.2, -0.15) is 0 Å². The number of likely N-dealkylation sites (N-methyl/N-ethyl adjacent to an activating group) is 1. The maximum Gasteiger partial charge on any atom is 0.254 e. The van der Waals surface area contributed by atoms with Gasteiger partial charge in [-0.1, -0.05) is 19.9 Å². The van der Waals surface area contributed by atoms with Crippen molar-refractivity contribution in [3.8, 4) is 0 Å². The quantitative estimate of drug-likeness (QED) is 0.772. The van der Waals surface area contributed by atoms with Gasteiger partial charge in [0, 0.05) is 38.0 Å². The summed E-state index contributed by atoms with van der Waals surface area (Å²) in [5.74, 6) is 0.402. The van der Waals surface area contributed by atoms with Gasteiger partial charge >= 0.3 is 0 Å². The fourth-order valence-electron chi connectivity index (χ4n) is 2.29. The molecule has 0 spiro atoms. The third-order valence-corrected chi connectivity index (χ3v) is 4.14. The molecule has 1 amide bonds. The second-order valence-corrected chi connectivity index (χ2v) is 6.45. The molecule has 5 nitrogen and oxygen atoms in total. The topological polar surface area (TPSA) is 61.8 Å². The maximum atomic E-state index is 12.6. The number of rotatable bonds is 8. The number of carbonyl (C=O) groups is 1. The number of aliphatic hydroxyl groups excluding tert-OH is 1. The Bertz CT molecular complexity index is 517. The summed E-state index contributed by atoms with van der Waals surface area (Å²) in [4.78, 5) is 14.2. The van der Waals surface area contributed by atoms with Gasteiger partial charge in [0.25, 0.3) is 5.91 Å². The largest absolute Gasteiger partial charge is 0.389 e. The van der Waals surface area contributed by atoms with E-state index >= 15 is 0 Å². The van der Waals surface area contributed by atoms with Crippen LogP contribution < -0.4 is 5.32 Å². The Hall–Kier alpha value is -1.59. The van der Waals surface area contributed by atoms with Crippen molar-refractivity contribution in [2.24, 2.45) is 5.92 Å². The van der Waals surface area contributed by atoms with Crippen molar-refractivity contribution in [1.29, 1.82) is 0 Å². The minimum absolute atomic E-state index is 0.0986. The first-order valence-corrected chi connectivity index (χ1v) is 8.06. The van der Waals surface area contributed by atoms with Crippen molar-refractivity contribution in [1.82, 2.24) is 4.90 Å². The predicted molar refractivity (Wildman–Crippen MR) is 93.9 cm³/mol. The number of hydrogen-bond donors (Lipinski definition) is 2. The van der Waals surface area contributed by atoms with Gasteiger partial charge in [-0.25, -0.2) is 0 Å². The Morgan fingerprint density at radius 3 is 2.57 bits per heavy atom. The highest BCUT2D eigenvalue weighted by Gasteiger charge is 2.19. The molecule has 2 N–H and O–H groups in total. The number of benzene rings is 1. The lowest BCUT2D eigenvalue weighted by Crippen LogP contribution is -2.36. The van der Waals surface area contributed by atoms with E-state index in [0.29, 0.717) is 17.5 Å². The molecule has 1 aromatic rings. The van der Waals surface area contributed by atoms with Crippen LogP contribution in [-0.4, -0.2) is 55.4 Å². The lowest BCUT2D eigenvalue weighted by atomic mass is 10.0. The molecular weight excluding hydrogens is 292 g/mol. The molecule has 2 atom stereocenters. The molecule has 130 valence electrons. The molecule has 0 aliphatic rings. The van der Waals surface area contributed by atoms with Gasteiger partial charge in [0.1, 0.15) is 0 Å². The van der Waals surface area contributed by atoms with Crippen molar-refractivity contribution in [2.45, 2.75) is 39.8 Å². The molecule has 0 aliphatic carbocycles. The van der Waals surface area contributed by atoms with Crippen molar-refractivity contribution in [3.63, 3.8) is 0 Å². The zero-order chi connectivity index (χ0) is 17.6. The predicted octanol–water partition coefficient (Wildman–Crippen LogP) is 2.53. The molecule has 0 saturated heterocycles. The first kappa shape index (κ1) is 19.5. The monoisotopic (exact) mass is 322 g/mol. The van der Waals surface area contributed by atoms with Crippen LogP contribution in [-0.2, 0) is 4.74 Å². The Labute approximate surface area is 139 Å². The number of aliphatic hydroxyl groups is 1. The molecule has 0 saturated carbocycles. The van der Waals surface area contributed by atoms with E-state index in [-0.39, 0.29) is 19.1 Å². The van der Waals surface area contributed by atoms with Crippen LogP contribution in [0.3, 0.4) is 0 Å². The summed E-state index contributed by atoms with van der Waals surface area (Å²) in [6.45, 7) is 8.85. The van der Waals surface area contributed by atoms with Gasteiger partial charge in [-0.15, -0.1) is 0 Å². The van der Waals surface area contributed by atoms with Gasteiger partial charge in [0.15, 0.2) is 0 Å². The third kappa shape index (κ3) is 5.52. The minimum atomic E-state index is -0.684. The van der Waals surface area contributed by atoms with Crippen LogP contribution in [0.5, 0.6) is 0 Å². The third-order valence-electron chi connectivity index (χ3n) is 4.14. The zero-order valence-electron chi connectivity index (χ0n) is 15.1. The number of hydrogen-bond acceptors (Lipinski definition) is 4. The number of carbonyl (C=O) groups excluding carboxylic acids is 1. The summed E-state index contributed by atoms with van der Waals surface area (Å²) in [5, 5.41) is 13.3. The standard InChI is InChI=1S/C18H30N2O3/c1-12(2)14(4)19-17-9-7-8-16(13(17)3)18(22)20(5)10-15(21)11-23-6/h7-9,12,14-15,19,21H,10-11H2,1-6H3. The van der Waals surface area contributed by atoms with Crippen LogP contribution in [0.15, 0.2) is 18.2 Å². The van der Waals surface area contributed by atoms with Crippen LogP contribution in [0.2, 0.25) is 0 Å². The van der Waals surface area contributed by atoms with E-state index < -0.39 is 6.10 Å². The molecule has 1 aromatic carbocycles. The minimum Gasteiger partial charge on any atom is -0.389 e. The van der Waals surface area contributed by atoms with Crippen molar-refractivity contribution < 1.29 is 14.6 Å². The molecule has 0 fully saturated rings. The number of nitrogens with zero attached hydrogens (tertiary/aromatic N) is 1. The smallest absolute Gasteiger partial charge is 0.254 e. The lowest BCUT2D eigenvalue weighted by molar-refractivity contribution is 0.0380. The molecule has 0 bridgehead atoms. The first-order valence-electron chi connectivity index (χ1n) is 8.06. The molecule has 0 heterocycles. The molecule has 2 unspecified atom stereocenters. The summed E-state index contributed by atoms with van der Waals surface area (Å²) >= 11 is 0. The molecular formula is C18H30N2O3. The SMILES string of the molecule is COCC(O)CN(C)C(=O)c1cccc(NC(C)C(C)C)c1C. The van der Waals surface area contributed by atoms with E-state index in [1.165, 1.54) is 12.0 Å². The molecule has 0 aliphatic heterocycles. The summed E-state index contributed by atoms with van der Waals surface area (Å²) in [6.07, 6.45) is -0.684. The first-order chi connectivity index (χ1) is 10.8. The van der Waals surface area contributed by atoms with Crippen molar-refractivity contribution in [3.05, 3.63) is 29.3 Å².